The maximum absolute atomic E-state index is 12.7. The molecule has 1 saturated carbocycles. The number of para-hydroxylation sites is 1. The van der Waals surface area contributed by atoms with E-state index in [4.69, 9.17) is 4.74 Å². The van der Waals surface area contributed by atoms with Gasteiger partial charge in [-0.05, 0) is 37.1 Å². The normalized spacial score (nSPS) is 19.2. The molecule has 2 amide bonds. The number of hydrogen-bond acceptors (Lipinski definition) is 4. The van der Waals surface area contributed by atoms with Gasteiger partial charge in [0.05, 0.1) is 5.52 Å². The van der Waals surface area contributed by atoms with Gasteiger partial charge in [0.15, 0.2) is 11.9 Å². The van der Waals surface area contributed by atoms with E-state index in [1.165, 1.54) is 0 Å². The summed E-state index contributed by atoms with van der Waals surface area (Å²) in [6.07, 6.45) is 2.02. The predicted octanol–water partition coefficient (Wildman–Crippen LogP) is 3.10. The molecular formula is C21H20N4O3. The van der Waals surface area contributed by atoms with Gasteiger partial charge in [-0.1, -0.05) is 18.2 Å². The molecule has 1 unspecified atom stereocenters. The van der Waals surface area contributed by atoms with Crippen LogP contribution in [0.4, 0.5) is 11.5 Å². The highest BCUT2D eigenvalue weighted by Gasteiger charge is 2.34. The third-order valence-corrected chi connectivity index (χ3v) is 5.23. The van der Waals surface area contributed by atoms with Gasteiger partial charge in [0, 0.05) is 36.0 Å². The molecule has 2 fully saturated rings. The molecule has 1 aromatic heterocycles. The van der Waals surface area contributed by atoms with Gasteiger partial charge in [0.25, 0.3) is 5.91 Å². The summed E-state index contributed by atoms with van der Waals surface area (Å²) in [6, 6.07) is 15.1. The number of benzene rings is 2. The van der Waals surface area contributed by atoms with E-state index >= 15 is 0 Å². The third-order valence-electron chi connectivity index (χ3n) is 5.23. The van der Waals surface area contributed by atoms with Crippen LogP contribution in [-0.4, -0.2) is 34.7 Å². The van der Waals surface area contributed by atoms with Crippen molar-refractivity contribution in [2.45, 2.75) is 25.4 Å². The number of aromatic nitrogens is 2. The Morgan fingerprint density at radius 1 is 1.14 bits per heavy atom. The Bertz CT molecular complexity index is 1040. The summed E-state index contributed by atoms with van der Waals surface area (Å²) >= 11 is 0. The number of nitrogens with one attached hydrogen (secondary N) is 2. The van der Waals surface area contributed by atoms with Crippen molar-refractivity contribution in [2.24, 2.45) is 5.92 Å². The molecular weight excluding hydrogens is 356 g/mol. The first kappa shape index (κ1) is 16.8. The molecule has 1 aliphatic heterocycles. The van der Waals surface area contributed by atoms with Crippen molar-refractivity contribution in [1.82, 2.24) is 10.2 Å². The predicted molar refractivity (Wildman–Crippen MR) is 105 cm³/mol. The fourth-order valence-electron chi connectivity index (χ4n) is 3.52. The molecule has 0 radical (unpaired) electrons. The monoisotopic (exact) mass is 376 g/mol. The highest BCUT2D eigenvalue weighted by atomic mass is 16.5. The number of hydrogen-bond donors (Lipinski definition) is 2. The van der Waals surface area contributed by atoms with E-state index < -0.39 is 6.10 Å². The van der Waals surface area contributed by atoms with Crippen LogP contribution >= 0.6 is 0 Å². The van der Waals surface area contributed by atoms with Crippen LogP contribution in [0.1, 0.15) is 19.3 Å². The maximum atomic E-state index is 12.7. The zero-order chi connectivity index (χ0) is 19.1. The lowest BCUT2D eigenvalue weighted by Gasteiger charge is -2.17. The minimum atomic E-state index is -0.505. The lowest BCUT2D eigenvalue weighted by molar-refractivity contribution is -0.123. The second kappa shape index (κ2) is 6.67. The molecule has 0 spiro atoms. The smallest absolute Gasteiger partial charge is 0.268 e. The number of H-pyrrole nitrogens is 1. The Morgan fingerprint density at radius 2 is 1.96 bits per heavy atom. The second-order valence-electron chi connectivity index (χ2n) is 7.26. The third kappa shape index (κ3) is 3.09. The van der Waals surface area contributed by atoms with Crippen LogP contribution in [0.5, 0.6) is 5.75 Å². The molecule has 3 aromatic rings. The highest BCUT2D eigenvalue weighted by Crippen LogP contribution is 2.32. The summed E-state index contributed by atoms with van der Waals surface area (Å²) in [5.41, 5.74) is 1.65. The number of anilines is 2. The first-order chi connectivity index (χ1) is 13.7. The van der Waals surface area contributed by atoms with Gasteiger partial charge in [-0.25, -0.2) is 0 Å². The molecule has 7 heteroatoms. The molecule has 1 saturated heterocycles. The van der Waals surface area contributed by atoms with Crippen LogP contribution in [0, 0.1) is 5.92 Å². The Morgan fingerprint density at radius 3 is 2.75 bits per heavy atom. The van der Waals surface area contributed by atoms with Crippen LogP contribution < -0.4 is 15.0 Å². The fraction of sp³-hybridized carbons (Fsp3) is 0.286. The average molecular weight is 376 g/mol. The van der Waals surface area contributed by atoms with Crippen LogP contribution in [-0.2, 0) is 9.59 Å². The largest absolute Gasteiger partial charge is 0.480 e. The zero-order valence-corrected chi connectivity index (χ0v) is 15.2. The van der Waals surface area contributed by atoms with E-state index in [0.717, 1.165) is 29.4 Å². The Kier molecular flexibility index (Phi) is 4.00. The van der Waals surface area contributed by atoms with Crippen molar-refractivity contribution in [1.29, 1.82) is 0 Å². The molecule has 2 heterocycles. The first-order valence-electron chi connectivity index (χ1n) is 9.51. The van der Waals surface area contributed by atoms with E-state index in [2.05, 4.69) is 15.5 Å². The minimum absolute atomic E-state index is 0.0197. The summed E-state index contributed by atoms with van der Waals surface area (Å²) in [7, 11) is 0. The van der Waals surface area contributed by atoms with E-state index in [-0.39, 0.29) is 17.7 Å². The molecule has 1 atom stereocenters. The maximum Gasteiger partial charge on any atom is 0.268 e. The molecule has 2 N–H and O–H groups in total. The molecule has 0 bridgehead atoms. The van der Waals surface area contributed by atoms with Crippen LogP contribution in [0.15, 0.2) is 48.5 Å². The van der Waals surface area contributed by atoms with Crippen LogP contribution in [0.2, 0.25) is 0 Å². The molecule has 142 valence electrons. The van der Waals surface area contributed by atoms with Gasteiger partial charge in [0.2, 0.25) is 5.91 Å². The van der Waals surface area contributed by atoms with Crippen molar-refractivity contribution in [3.8, 4) is 5.75 Å². The Hall–Kier alpha value is -3.35. The molecule has 5 rings (SSSR count). The van der Waals surface area contributed by atoms with Crippen molar-refractivity contribution in [3.63, 3.8) is 0 Å². The number of fused-ring (bicyclic) bond motifs is 1. The van der Waals surface area contributed by atoms with E-state index in [0.29, 0.717) is 24.5 Å². The van der Waals surface area contributed by atoms with Crippen molar-refractivity contribution >= 4 is 34.2 Å². The summed E-state index contributed by atoms with van der Waals surface area (Å²) in [4.78, 5) is 26.4. The van der Waals surface area contributed by atoms with Gasteiger partial charge >= 0.3 is 0 Å². The second-order valence-corrected chi connectivity index (χ2v) is 7.26. The zero-order valence-electron chi connectivity index (χ0n) is 15.2. The van der Waals surface area contributed by atoms with Crippen molar-refractivity contribution in [3.05, 3.63) is 48.5 Å². The van der Waals surface area contributed by atoms with Crippen molar-refractivity contribution < 1.29 is 14.3 Å². The number of nitrogens with zero attached hydrogens (tertiary/aromatic N) is 2. The van der Waals surface area contributed by atoms with Crippen molar-refractivity contribution in [2.75, 3.05) is 16.8 Å². The van der Waals surface area contributed by atoms with Crippen LogP contribution in [0.25, 0.3) is 10.9 Å². The molecule has 28 heavy (non-hydrogen) atoms. The summed E-state index contributed by atoms with van der Waals surface area (Å²) in [6.45, 7) is 0.636. The van der Waals surface area contributed by atoms with Gasteiger partial charge in [-0.3, -0.25) is 14.7 Å². The van der Waals surface area contributed by atoms with Gasteiger partial charge < -0.3 is 15.0 Å². The Labute approximate surface area is 161 Å². The number of rotatable bonds is 5. The summed E-state index contributed by atoms with van der Waals surface area (Å²) < 4.78 is 5.96. The van der Waals surface area contributed by atoms with Gasteiger partial charge in [-0.15, -0.1) is 0 Å². The number of carbonyl (C=O) groups is 2. The summed E-state index contributed by atoms with van der Waals surface area (Å²) in [5.74, 6) is 1.24. The highest BCUT2D eigenvalue weighted by molar-refractivity contribution is 6.01. The molecule has 2 aliphatic rings. The number of ether oxygens (including phenoxy) is 1. The number of amides is 2. The standard InChI is InChI=1S/C21H20N4O3/c26-20(13-6-7-13)22-19-16-9-8-15(12-17(16)23-24-19)28-18-10-11-25(21(18)27)14-4-2-1-3-5-14/h1-5,8-9,12-13,18H,6-7,10-11H2,(H2,22,23,24,26). The number of aromatic amines is 1. The van der Waals surface area contributed by atoms with Gasteiger partial charge in [0.1, 0.15) is 5.75 Å². The van der Waals surface area contributed by atoms with E-state index in [1.54, 1.807) is 4.90 Å². The first-order valence-corrected chi connectivity index (χ1v) is 9.51. The molecule has 2 aromatic carbocycles. The lowest BCUT2D eigenvalue weighted by Crippen LogP contribution is -2.32. The quantitative estimate of drug-likeness (QED) is 0.716. The molecule has 7 nitrogen and oxygen atoms in total. The van der Waals surface area contributed by atoms with E-state index in [9.17, 15) is 9.59 Å². The minimum Gasteiger partial charge on any atom is -0.480 e. The fourth-order valence-corrected chi connectivity index (χ4v) is 3.52. The Balaban J connectivity index is 1.30. The SMILES string of the molecule is O=C(Nc1n[nH]c2cc(OC3CCN(c4ccccc4)C3=O)ccc12)C1CC1. The number of carbonyl (C=O) groups excluding carboxylic acids is 2. The van der Waals surface area contributed by atoms with Crippen LogP contribution in [0.3, 0.4) is 0 Å². The summed E-state index contributed by atoms with van der Waals surface area (Å²) in [5, 5.41) is 10.8. The lowest BCUT2D eigenvalue weighted by atomic mass is 10.2. The average Bonchev–Trinajstić information content (AvgIpc) is 3.42. The topological polar surface area (TPSA) is 87.3 Å². The van der Waals surface area contributed by atoms with E-state index in [1.807, 2.05) is 48.5 Å². The van der Waals surface area contributed by atoms with Gasteiger partial charge in [-0.2, -0.15) is 5.10 Å². The molecule has 1 aliphatic carbocycles.